The number of hydrogen-bond acceptors (Lipinski definition) is 6. The summed E-state index contributed by atoms with van der Waals surface area (Å²) >= 11 is 0. The summed E-state index contributed by atoms with van der Waals surface area (Å²) in [4.78, 5) is 46.0. The van der Waals surface area contributed by atoms with Gasteiger partial charge in [-0.1, -0.05) is 69.3 Å². The van der Waals surface area contributed by atoms with Crippen molar-refractivity contribution in [1.29, 1.82) is 0 Å². The molecule has 4 rings (SSSR count). The maximum Gasteiger partial charge on any atom is 0.313 e. The van der Waals surface area contributed by atoms with Crippen molar-refractivity contribution in [3.8, 4) is 0 Å². The monoisotopic (exact) mass is 552 g/mol. The van der Waals surface area contributed by atoms with Gasteiger partial charge in [-0.2, -0.15) is 0 Å². The molecule has 8 heteroatoms. The normalized spacial score (nSPS) is 31.9. The minimum Gasteiger partial charge on any atom is -0.461 e. The van der Waals surface area contributed by atoms with E-state index in [4.69, 9.17) is 9.47 Å². The highest BCUT2D eigenvalue weighted by Crippen LogP contribution is 2.65. The zero-order valence-electron chi connectivity index (χ0n) is 24.3. The fourth-order valence-electron chi connectivity index (χ4n) is 7.43. The van der Waals surface area contributed by atoms with Crippen LogP contribution in [0.3, 0.4) is 0 Å². The molecule has 0 aromatic heterocycles. The van der Waals surface area contributed by atoms with Crippen LogP contribution in [-0.4, -0.2) is 81.8 Å². The van der Waals surface area contributed by atoms with Crippen LogP contribution in [0.15, 0.2) is 55.6 Å². The molecule has 0 radical (unpaired) electrons. The van der Waals surface area contributed by atoms with E-state index in [1.54, 1.807) is 15.9 Å². The standard InChI is InChI=1S/C32H44N2O6/c1-7-13-22(5)33(16-8-2)29(37)27-32-19-21(4)31(6,40-32)26(30(38)39-17-9-3)25(32)28(36)34(27)24(20-35)18-23-14-11-10-12-15-23/h8-12,14-15,21-22,24-27,35H,2-3,7,13,16-20H2,1,4-6H3/t21?,22?,24-,25+,26-,27?,31+,32?/m1/s1. The summed E-state index contributed by atoms with van der Waals surface area (Å²) in [6, 6.07) is 7.83. The lowest BCUT2D eigenvalue weighted by atomic mass is 9.62. The fourth-order valence-corrected chi connectivity index (χ4v) is 7.43. The number of benzene rings is 1. The predicted molar refractivity (Wildman–Crippen MR) is 152 cm³/mol. The first-order valence-electron chi connectivity index (χ1n) is 14.5. The molecule has 1 aromatic rings. The van der Waals surface area contributed by atoms with E-state index in [1.807, 2.05) is 51.1 Å². The van der Waals surface area contributed by atoms with Crippen LogP contribution in [0.4, 0.5) is 0 Å². The number of rotatable bonds is 13. The van der Waals surface area contributed by atoms with E-state index in [0.717, 1.165) is 18.4 Å². The summed E-state index contributed by atoms with van der Waals surface area (Å²) in [6.45, 7) is 15.5. The quantitative estimate of drug-likeness (QED) is 0.297. The van der Waals surface area contributed by atoms with Crippen LogP contribution >= 0.6 is 0 Å². The number of fused-ring (bicyclic) bond motifs is 1. The second kappa shape index (κ2) is 11.9. The lowest BCUT2D eigenvalue weighted by Crippen LogP contribution is -2.60. The van der Waals surface area contributed by atoms with Gasteiger partial charge in [-0.3, -0.25) is 14.4 Å². The first-order valence-corrected chi connectivity index (χ1v) is 14.5. The number of likely N-dealkylation sites (tertiary alicyclic amines) is 1. The number of hydrogen-bond donors (Lipinski definition) is 1. The molecule has 40 heavy (non-hydrogen) atoms. The van der Waals surface area contributed by atoms with Crippen molar-refractivity contribution in [1.82, 2.24) is 9.80 Å². The summed E-state index contributed by atoms with van der Waals surface area (Å²) in [5.41, 5.74) is -1.24. The number of esters is 1. The zero-order chi connectivity index (χ0) is 29.2. The predicted octanol–water partition coefficient (Wildman–Crippen LogP) is 3.53. The van der Waals surface area contributed by atoms with E-state index in [-0.39, 0.29) is 37.0 Å². The van der Waals surface area contributed by atoms with E-state index in [0.29, 0.717) is 19.4 Å². The van der Waals surface area contributed by atoms with Crippen molar-refractivity contribution in [2.75, 3.05) is 19.8 Å². The summed E-state index contributed by atoms with van der Waals surface area (Å²) in [7, 11) is 0. The molecule has 1 aromatic carbocycles. The second-order valence-electron chi connectivity index (χ2n) is 11.8. The average molecular weight is 553 g/mol. The highest BCUT2D eigenvalue weighted by molar-refractivity contribution is 5.99. The molecule has 4 unspecified atom stereocenters. The smallest absolute Gasteiger partial charge is 0.313 e. The number of carbonyl (C=O) groups is 3. The van der Waals surface area contributed by atoms with Gasteiger partial charge in [0, 0.05) is 12.6 Å². The van der Waals surface area contributed by atoms with Crippen LogP contribution in [0.25, 0.3) is 0 Å². The molecular weight excluding hydrogens is 508 g/mol. The third-order valence-electron chi connectivity index (χ3n) is 9.35. The number of aliphatic hydroxyl groups excluding tert-OH is 1. The van der Waals surface area contributed by atoms with Crippen LogP contribution < -0.4 is 0 Å². The molecule has 3 aliphatic heterocycles. The minimum atomic E-state index is -1.21. The third kappa shape index (κ3) is 4.79. The number of ether oxygens (including phenoxy) is 2. The van der Waals surface area contributed by atoms with Crippen LogP contribution in [-0.2, 0) is 30.3 Å². The molecule has 2 amide bonds. The Balaban J connectivity index is 1.85. The molecule has 0 aliphatic carbocycles. The van der Waals surface area contributed by atoms with Crippen molar-refractivity contribution < 1.29 is 29.0 Å². The number of nitrogens with zero attached hydrogens (tertiary/aromatic N) is 2. The molecule has 1 spiro atoms. The lowest BCUT2D eigenvalue weighted by molar-refractivity contribution is -0.163. The molecule has 0 saturated carbocycles. The van der Waals surface area contributed by atoms with Crippen molar-refractivity contribution in [3.05, 3.63) is 61.2 Å². The van der Waals surface area contributed by atoms with Gasteiger partial charge in [-0.15, -0.1) is 6.58 Å². The Bertz CT molecular complexity index is 1120. The van der Waals surface area contributed by atoms with Gasteiger partial charge < -0.3 is 24.4 Å². The molecule has 3 saturated heterocycles. The Labute approximate surface area is 238 Å². The minimum absolute atomic E-state index is 0.0225. The zero-order valence-corrected chi connectivity index (χ0v) is 24.3. The summed E-state index contributed by atoms with van der Waals surface area (Å²) in [5.74, 6) is -2.97. The highest BCUT2D eigenvalue weighted by Gasteiger charge is 2.80. The number of aliphatic hydroxyl groups is 1. The van der Waals surface area contributed by atoms with Gasteiger partial charge in [0.1, 0.15) is 24.2 Å². The maximum atomic E-state index is 14.7. The van der Waals surface area contributed by atoms with Gasteiger partial charge >= 0.3 is 5.97 Å². The lowest BCUT2D eigenvalue weighted by Gasteiger charge is -2.41. The molecule has 2 bridgehead atoms. The van der Waals surface area contributed by atoms with Crippen LogP contribution in [0.5, 0.6) is 0 Å². The topological polar surface area (TPSA) is 96.4 Å². The first-order chi connectivity index (χ1) is 19.1. The molecule has 3 heterocycles. The van der Waals surface area contributed by atoms with E-state index in [9.17, 15) is 19.5 Å². The van der Waals surface area contributed by atoms with Gasteiger partial charge in [0.15, 0.2) is 0 Å². The Morgan fingerprint density at radius 2 is 1.98 bits per heavy atom. The van der Waals surface area contributed by atoms with E-state index in [2.05, 4.69) is 20.1 Å². The SMILES string of the molecule is C=CCOC(=O)[C@H]1[C@H]2C(=O)N([C@@H](CO)Cc3ccccc3)C(C(=O)N(CC=C)C(C)CCC)C23CC(C)[C@]1(C)O3. The van der Waals surface area contributed by atoms with Gasteiger partial charge in [-0.25, -0.2) is 0 Å². The first kappa shape index (κ1) is 30.0. The second-order valence-corrected chi connectivity index (χ2v) is 11.8. The van der Waals surface area contributed by atoms with Gasteiger partial charge in [-0.05, 0) is 44.6 Å². The summed E-state index contributed by atoms with van der Waals surface area (Å²) in [5, 5.41) is 10.6. The molecule has 8 nitrogen and oxygen atoms in total. The Hall–Kier alpha value is -2.97. The van der Waals surface area contributed by atoms with Crippen molar-refractivity contribution >= 4 is 17.8 Å². The third-order valence-corrected chi connectivity index (χ3v) is 9.35. The number of amides is 2. The van der Waals surface area contributed by atoms with Crippen molar-refractivity contribution in [3.63, 3.8) is 0 Å². The van der Waals surface area contributed by atoms with Crippen LogP contribution in [0.2, 0.25) is 0 Å². The Morgan fingerprint density at radius 3 is 2.58 bits per heavy atom. The molecule has 3 aliphatic rings. The van der Waals surface area contributed by atoms with Gasteiger partial charge in [0.2, 0.25) is 11.8 Å². The average Bonchev–Trinajstić information content (AvgIpc) is 3.45. The van der Waals surface area contributed by atoms with Crippen molar-refractivity contribution in [2.45, 2.75) is 82.7 Å². The molecule has 3 fully saturated rings. The Morgan fingerprint density at radius 1 is 1.27 bits per heavy atom. The van der Waals surface area contributed by atoms with Gasteiger partial charge in [0.25, 0.3) is 0 Å². The summed E-state index contributed by atoms with van der Waals surface area (Å²) in [6.07, 6.45) is 5.67. The maximum absolute atomic E-state index is 14.7. The highest BCUT2D eigenvalue weighted by atomic mass is 16.6. The van der Waals surface area contributed by atoms with Crippen LogP contribution in [0, 0.1) is 17.8 Å². The fraction of sp³-hybridized carbons (Fsp3) is 0.594. The number of carbonyl (C=O) groups excluding carboxylic acids is 3. The van der Waals surface area contributed by atoms with Crippen LogP contribution in [0.1, 0.15) is 52.5 Å². The molecule has 1 N–H and O–H groups in total. The Kier molecular flexibility index (Phi) is 8.90. The molecule has 218 valence electrons. The van der Waals surface area contributed by atoms with Crippen molar-refractivity contribution in [2.24, 2.45) is 17.8 Å². The molecular formula is C32H44N2O6. The van der Waals surface area contributed by atoms with E-state index >= 15 is 0 Å². The van der Waals surface area contributed by atoms with E-state index < -0.39 is 41.1 Å². The van der Waals surface area contributed by atoms with Gasteiger partial charge in [0.05, 0.1) is 24.2 Å². The molecule has 8 atom stereocenters. The largest absolute Gasteiger partial charge is 0.461 e. The summed E-state index contributed by atoms with van der Waals surface area (Å²) < 4.78 is 12.3. The van der Waals surface area contributed by atoms with E-state index in [1.165, 1.54) is 6.08 Å².